The zero-order valence-corrected chi connectivity index (χ0v) is 12.7. The molecule has 0 unspecified atom stereocenters. The summed E-state index contributed by atoms with van der Waals surface area (Å²) in [7, 11) is 0. The average molecular weight is 369 g/mol. The van der Waals surface area contributed by atoms with Gasteiger partial charge in [0.05, 0.1) is 5.56 Å². The molecule has 0 heterocycles. The first-order valence-electron chi connectivity index (χ1n) is 5.41. The molecule has 0 fully saturated rings. The van der Waals surface area contributed by atoms with Gasteiger partial charge in [0.25, 0.3) is 5.91 Å². The Hall–Kier alpha value is -1.13. The molecule has 2 aromatic rings. The lowest BCUT2D eigenvalue weighted by Crippen LogP contribution is -2.12. The van der Waals surface area contributed by atoms with Crippen molar-refractivity contribution in [3.05, 3.63) is 64.1 Å². The minimum atomic E-state index is -0.117. The van der Waals surface area contributed by atoms with Gasteiger partial charge >= 0.3 is 0 Å². The van der Waals surface area contributed by atoms with E-state index in [4.69, 9.17) is 0 Å². The van der Waals surface area contributed by atoms with Crippen molar-refractivity contribution in [2.24, 2.45) is 0 Å². The number of hydrogen-bond donors (Lipinski definition) is 1. The fraction of sp³-hybridized carbons (Fsp3) is 0.0714. The summed E-state index contributed by atoms with van der Waals surface area (Å²) in [6, 6.07) is 15.1. The number of carbonyl (C=O) groups excluding carboxylic acids is 1. The number of halogens is 2. The Labute approximate surface area is 123 Å². The molecule has 0 saturated carbocycles. The highest BCUT2D eigenvalue weighted by atomic mass is 79.9. The third-order valence-electron chi connectivity index (χ3n) is 2.48. The van der Waals surface area contributed by atoms with Gasteiger partial charge in [-0.05, 0) is 45.8 Å². The monoisotopic (exact) mass is 367 g/mol. The molecule has 1 amide bonds. The number of rotatable bonds is 3. The van der Waals surface area contributed by atoms with Crippen LogP contribution in [0.2, 0.25) is 0 Å². The molecule has 2 rings (SSSR count). The van der Waals surface area contributed by atoms with Crippen LogP contribution < -0.4 is 5.32 Å². The number of hydrogen-bond acceptors (Lipinski definition) is 1. The molecular weight excluding hydrogens is 358 g/mol. The molecule has 0 bridgehead atoms. The largest absolute Gasteiger partial charge is 0.322 e. The zero-order chi connectivity index (χ0) is 13.0. The molecule has 2 nitrogen and oxygen atoms in total. The van der Waals surface area contributed by atoms with Crippen molar-refractivity contribution in [1.82, 2.24) is 0 Å². The molecule has 0 atom stereocenters. The first-order valence-corrected chi connectivity index (χ1v) is 7.33. The van der Waals surface area contributed by atoms with E-state index in [1.807, 2.05) is 42.5 Å². The Morgan fingerprint density at radius 3 is 2.33 bits per heavy atom. The Bertz CT molecular complexity index is 552. The van der Waals surface area contributed by atoms with Crippen molar-refractivity contribution in [2.45, 2.75) is 5.33 Å². The van der Waals surface area contributed by atoms with Gasteiger partial charge in [-0.25, -0.2) is 0 Å². The Kier molecular flexibility index (Phi) is 4.55. The van der Waals surface area contributed by atoms with Crippen molar-refractivity contribution in [3.8, 4) is 0 Å². The van der Waals surface area contributed by atoms with Gasteiger partial charge in [-0.2, -0.15) is 0 Å². The van der Waals surface area contributed by atoms with E-state index in [1.54, 1.807) is 6.07 Å². The number of benzene rings is 2. The number of anilines is 1. The van der Waals surface area contributed by atoms with E-state index in [0.717, 1.165) is 15.5 Å². The van der Waals surface area contributed by atoms with Crippen molar-refractivity contribution in [3.63, 3.8) is 0 Å². The normalized spacial score (nSPS) is 10.1. The van der Waals surface area contributed by atoms with E-state index in [1.165, 1.54) is 5.56 Å². The maximum atomic E-state index is 12.0. The van der Waals surface area contributed by atoms with Crippen molar-refractivity contribution in [1.29, 1.82) is 0 Å². The van der Waals surface area contributed by atoms with E-state index in [-0.39, 0.29) is 5.91 Å². The SMILES string of the molecule is O=C(Nc1ccc(CBr)cc1)c1ccccc1Br. The minimum absolute atomic E-state index is 0.117. The van der Waals surface area contributed by atoms with Crippen LogP contribution in [0.5, 0.6) is 0 Å². The fourth-order valence-electron chi connectivity index (χ4n) is 1.52. The van der Waals surface area contributed by atoms with Gasteiger partial charge in [0.1, 0.15) is 0 Å². The lowest BCUT2D eigenvalue weighted by atomic mass is 10.2. The molecule has 92 valence electrons. The van der Waals surface area contributed by atoms with Crippen LogP contribution in [0.3, 0.4) is 0 Å². The summed E-state index contributed by atoms with van der Waals surface area (Å²) < 4.78 is 0.791. The molecule has 0 aliphatic rings. The second kappa shape index (κ2) is 6.16. The van der Waals surface area contributed by atoms with E-state index in [0.29, 0.717) is 5.56 Å². The minimum Gasteiger partial charge on any atom is -0.322 e. The van der Waals surface area contributed by atoms with Crippen molar-refractivity contribution < 1.29 is 4.79 Å². The van der Waals surface area contributed by atoms with Gasteiger partial charge in [0.2, 0.25) is 0 Å². The van der Waals surface area contributed by atoms with Crippen LogP contribution in [-0.2, 0) is 5.33 Å². The van der Waals surface area contributed by atoms with Crippen molar-refractivity contribution >= 4 is 43.5 Å². The number of carbonyl (C=O) groups is 1. The zero-order valence-electron chi connectivity index (χ0n) is 9.49. The molecule has 1 N–H and O–H groups in total. The predicted molar refractivity (Wildman–Crippen MR) is 81.2 cm³/mol. The van der Waals surface area contributed by atoms with E-state index >= 15 is 0 Å². The molecule has 0 aromatic heterocycles. The molecule has 0 saturated heterocycles. The van der Waals surface area contributed by atoms with Gasteiger partial charge < -0.3 is 5.32 Å². The topological polar surface area (TPSA) is 29.1 Å². The maximum absolute atomic E-state index is 12.0. The van der Waals surface area contributed by atoms with Gasteiger partial charge in [-0.3, -0.25) is 4.79 Å². The van der Waals surface area contributed by atoms with Gasteiger partial charge in [0.15, 0.2) is 0 Å². The molecule has 4 heteroatoms. The Morgan fingerprint density at radius 1 is 1.06 bits per heavy atom. The fourth-order valence-corrected chi connectivity index (χ4v) is 2.36. The summed E-state index contributed by atoms with van der Waals surface area (Å²) in [5.74, 6) is -0.117. The second-order valence-electron chi connectivity index (χ2n) is 3.76. The molecular formula is C14H11Br2NO. The first kappa shape index (κ1) is 13.3. The summed E-state index contributed by atoms with van der Waals surface area (Å²) in [5.41, 5.74) is 2.59. The highest BCUT2D eigenvalue weighted by molar-refractivity contribution is 9.10. The van der Waals surface area contributed by atoms with E-state index in [9.17, 15) is 4.79 Å². The summed E-state index contributed by atoms with van der Waals surface area (Å²) in [6.45, 7) is 0. The lowest BCUT2D eigenvalue weighted by molar-refractivity contribution is 0.102. The third kappa shape index (κ3) is 3.21. The molecule has 0 aliphatic heterocycles. The maximum Gasteiger partial charge on any atom is 0.256 e. The van der Waals surface area contributed by atoms with E-state index < -0.39 is 0 Å². The first-order chi connectivity index (χ1) is 8.70. The smallest absolute Gasteiger partial charge is 0.256 e. The average Bonchev–Trinajstić information content (AvgIpc) is 2.40. The van der Waals surface area contributed by atoms with Crippen LogP contribution >= 0.6 is 31.9 Å². The van der Waals surface area contributed by atoms with Gasteiger partial charge in [-0.1, -0.05) is 40.2 Å². The van der Waals surface area contributed by atoms with Crippen LogP contribution in [0.1, 0.15) is 15.9 Å². The summed E-state index contributed by atoms with van der Waals surface area (Å²) in [5, 5.41) is 3.68. The van der Waals surface area contributed by atoms with Crippen LogP contribution in [0.15, 0.2) is 53.0 Å². The van der Waals surface area contributed by atoms with Gasteiger partial charge in [-0.15, -0.1) is 0 Å². The van der Waals surface area contributed by atoms with Crippen molar-refractivity contribution in [2.75, 3.05) is 5.32 Å². The molecule has 0 spiro atoms. The van der Waals surface area contributed by atoms with Crippen LogP contribution in [0.25, 0.3) is 0 Å². The molecule has 0 aliphatic carbocycles. The van der Waals surface area contributed by atoms with Crippen LogP contribution in [0.4, 0.5) is 5.69 Å². The molecule has 2 aromatic carbocycles. The number of alkyl halides is 1. The number of nitrogens with one attached hydrogen (secondary N) is 1. The highest BCUT2D eigenvalue weighted by Gasteiger charge is 2.08. The third-order valence-corrected chi connectivity index (χ3v) is 3.82. The molecule has 0 radical (unpaired) electrons. The molecule has 18 heavy (non-hydrogen) atoms. The summed E-state index contributed by atoms with van der Waals surface area (Å²) >= 11 is 6.75. The Balaban J connectivity index is 2.14. The second-order valence-corrected chi connectivity index (χ2v) is 5.18. The quantitative estimate of drug-likeness (QED) is 0.788. The summed E-state index contributed by atoms with van der Waals surface area (Å²) in [6.07, 6.45) is 0. The predicted octanol–water partition coefficient (Wildman–Crippen LogP) is 4.60. The highest BCUT2D eigenvalue weighted by Crippen LogP contribution is 2.18. The Morgan fingerprint density at radius 2 is 1.72 bits per heavy atom. The number of amides is 1. The lowest BCUT2D eigenvalue weighted by Gasteiger charge is -2.07. The van der Waals surface area contributed by atoms with Gasteiger partial charge in [0, 0.05) is 15.5 Å². The van der Waals surface area contributed by atoms with Crippen LogP contribution in [-0.4, -0.2) is 5.91 Å². The summed E-state index contributed by atoms with van der Waals surface area (Å²) in [4.78, 5) is 12.0. The van der Waals surface area contributed by atoms with E-state index in [2.05, 4.69) is 37.2 Å². The van der Waals surface area contributed by atoms with Crippen LogP contribution in [0, 0.1) is 0 Å². The standard InChI is InChI=1S/C14H11Br2NO/c15-9-10-5-7-11(8-6-10)17-14(18)12-3-1-2-4-13(12)16/h1-8H,9H2,(H,17,18).